The van der Waals surface area contributed by atoms with Gasteiger partial charge in [0, 0.05) is 5.56 Å². The van der Waals surface area contributed by atoms with E-state index in [-0.39, 0.29) is 5.78 Å². The Labute approximate surface area is 130 Å². The van der Waals surface area contributed by atoms with Crippen LogP contribution < -0.4 is 9.47 Å². The summed E-state index contributed by atoms with van der Waals surface area (Å²) in [6.45, 7) is 6.16. The summed E-state index contributed by atoms with van der Waals surface area (Å²) >= 11 is 0. The van der Waals surface area contributed by atoms with Gasteiger partial charge in [-0.1, -0.05) is 30.3 Å². The zero-order valence-electron chi connectivity index (χ0n) is 13.0. The first-order valence-electron chi connectivity index (χ1n) is 7.28. The predicted molar refractivity (Wildman–Crippen MR) is 85.3 cm³/mol. The van der Waals surface area contributed by atoms with Crippen LogP contribution in [0.4, 0.5) is 0 Å². The van der Waals surface area contributed by atoms with Crippen molar-refractivity contribution in [1.82, 2.24) is 0 Å². The zero-order valence-corrected chi connectivity index (χ0v) is 13.0. The molecule has 0 amide bonds. The minimum absolute atomic E-state index is 0.0484. The van der Waals surface area contributed by atoms with Crippen molar-refractivity contribution in [2.45, 2.75) is 27.4 Å². The van der Waals surface area contributed by atoms with Crippen molar-refractivity contribution in [1.29, 1.82) is 0 Å². The van der Waals surface area contributed by atoms with E-state index in [1.54, 1.807) is 6.07 Å². The van der Waals surface area contributed by atoms with Crippen molar-refractivity contribution < 1.29 is 14.3 Å². The van der Waals surface area contributed by atoms with E-state index in [4.69, 9.17) is 9.47 Å². The molecule has 0 aliphatic carbocycles. The third kappa shape index (κ3) is 2.50. The van der Waals surface area contributed by atoms with E-state index < -0.39 is 0 Å². The molecule has 3 heteroatoms. The molecule has 0 aromatic heterocycles. The Bertz CT molecular complexity index is 754. The van der Waals surface area contributed by atoms with Gasteiger partial charge in [0.25, 0.3) is 0 Å². The maximum Gasteiger partial charge on any atom is 0.231 e. The molecule has 1 aliphatic heterocycles. The van der Waals surface area contributed by atoms with Gasteiger partial charge in [-0.2, -0.15) is 0 Å². The highest BCUT2D eigenvalue weighted by Gasteiger charge is 2.30. The fraction of sp³-hybridized carbons (Fsp3) is 0.211. The Balaban J connectivity index is 1.87. The fourth-order valence-electron chi connectivity index (χ4n) is 2.48. The van der Waals surface area contributed by atoms with E-state index in [2.05, 4.69) is 0 Å². The summed E-state index contributed by atoms with van der Waals surface area (Å²) in [5.41, 5.74) is 3.45. The Kier molecular flexibility index (Phi) is 3.72. The lowest BCUT2D eigenvalue weighted by Crippen LogP contribution is -2.00. The molecule has 0 saturated heterocycles. The average molecular weight is 294 g/mol. The highest BCUT2D eigenvalue weighted by molar-refractivity contribution is 6.13. The van der Waals surface area contributed by atoms with E-state index >= 15 is 0 Å². The van der Waals surface area contributed by atoms with E-state index in [9.17, 15) is 4.79 Å². The van der Waals surface area contributed by atoms with Crippen molar-refractivity contribution >= 4 is 5.78 Å². The number of carbonyl (C=O) groups is 1. The van der Waals surface area contributed by atoms with Gasteiger partial charge in [-0.25, -0.2) is 0 Å². The van der Waals surface area contributed by atoms with E-state index in [1.807, 2.05) is 57.2 Å². The Morgan fingerprint density at radius 2 is 1.82 bits per heavy atom. The second-order valence-corrected chi connectivity index (χ2v) is 5.60. The molecule has 112 valence electrons. The van der Waals surface area contributed by atoms with Crippen LogP contribution in [0.2, 0.25) is 0 Å². The number of allylic oxidation sites excluding steroid dienone is 2. The molecule has 1 aliphatic rings. The summed E-state index contributed by atoms with van der Waals surface area (Å²) in [7, 11) is 0. The molecule has 0 fully saturated rings. The van der Waals surface area contributed by atoms with Crippen molar-refractivity contribution in [2.75, 3.05) is 0 Å². The normalized spacial score (nSPS) is 12.9. The standard InChI is InChI=1S/C19H18O3/c1-12(2)18-17(20)15-9-10-16(13(3)19(15)22-18)21-11-14-7-5-4-6-8-14/h4-10H,11H2,1-3H3. The van der Waals surface area contributed by atoms with Gasteiger partial charge in [-0.05, 0) is 44.0 Å². The Hall–Kier alpha value is -2.55. The van der Waals surface area contributed by atoms with Gasteiger partial charge in [0.15, 0.2) is 5.76 Å². The number of fused-ring (bicyclic) bond motifs is 1. The van der Waals surface area contributed by atoms with Gasteiger partial charge < -0.3 is 9.47 Å². The van der Waals surface area contributed by atoms with Crippen LogP contribution in [0.3, 0.4) is 0 Å². The maximum atomic E-state index is 12.3. The molecule has 3 nitrogen and oxygen atoms in total. The van der Waals surface area contributed by atoms with Crippen LogP contribution in [0.1, 0.15) is 35.3 Å². The van der Waals surface area contributed by atoms with Crippen molar-refractivity contribution in [3.05, 3.63) is 70.5 Å². The number of ether oxygens (including phenoxy) is 2. The van der Waals surface area contributed by atoms with Crippen LogP contribution in [0.25, 0.3) is 0 Å². The molecule has 22 heavy (non-hydrogen) atoms. The predicted octanol–water partition coefficient (Wildman–Crippen LogP) is 4.44. The summed E-state index contributed by atoms with van der Waals surface area (Å²) in [5, 5.41) is 0. The lowest BCUT2D eigenvalue weighted by atomic mass is 10.1. The molecule has 0 radical (unpaired) electrons. The molecular formula is C19H18O3. The third-order valence-corrected chi connectivity index (χ3v) is 3.70. The number of Topliss-reactive ketones (excluding diaryl/α,β-unsaturated/α-hetero) is 1. The van der Waals surface area contributed by atoms with Crippen LogP contribution in [0.15, 0.2) is 53.8 Å². The zero-order chi connectivity index (χ0) is 15.7. The second kappa shape index (κ2) is 5.68. The van der Waals surface area contributed by atoms with Crippen LogP contribution in [-0.2, 0) is 6.61 Å². The van der Waals surface area contributed by atoms with Gasteiger partial charge in [-0.3, -0.25) is 4.79 Å². The summed E-state index contributed by atoms with van der Waals surface area (Å²) in [6, 6.07) is 13.6. The number of benzene rings is 2. The summed E-state index contributed by atoms with van der Waals surface area (Å²) in [6.07, 6.45) is 0. The van der Waals surface area contributed by atoms with Crippen LogP contribution in [0.5, 0.6) is 11.5 Å². The summed E-state index contributed by atoms with van der Waals surface area (Å²) in [4.78, 5) is 12.3. The van der Waals surface area contributed by atoms with Gasteiger partial charge >= 0.3 is 0 Å². The molecule has 1 heterocycles. The Morgan fingerprint density at radius 3 is 2.50 bits per heavy atom. The summed E-state index contributed by atoms with van der Waals surface area (Å²) in [5.74, 6) is 1.74. The first-order chi connectivity index (χ1) is 10.6. The Morgan fingerprint density at radius 1 is 1.09 bits per heavy atom. The van der Waals surface area contributed by atoms with Crippen LogP contribution >= 0.6 is 0 Å². The molecule has 3 rings (SSSR count). The second-order valence-electron chi connectivity index (χ2n) is 5.60. The molecule has 0 saturated carbocycles. The molecule has 0 spiro atoms. The largest absolute Gasteiger partial charge is 0.488 e. The molecule has 2 aromatic carbocycles. The number of hydrogen-bond acceptors (Lipinski definition) is 3. The SMILES string of the molecule is CC(C)=C1Oc2c(ccc(OCc3ccccc3)c2C)C1=O. The van der Waals surface area contributed by atoms with Gasteiger partial charge in [0.05, 0.1) is 5.56 Å². The number of hydrogen-bond donors (Lipinski definition) is 0. The van der Waals surface area contributed by atoms with Crippen molar-refractivity contribution in [2.24, 2.45) is 0 Å². The van der Waals surface area contributed by atoms with Gasteiger partial charge in [0.2, 0.25) is 5.78 Å². The lowest BCUT2D eigenvalue weighted by Gasteiger charge is -2.11. The first-order valence-corrected chi connectivity index (χ1v) is 7.28. The highest BCUT2D eigenvalue weighted by atomic mass is 16.5. The smallest absolute Gasteiger partial charge is 0.231 e. The quantitative estimate of drug-likeness (QED) is 0.785. The third-order valence-electron chi connectivity index (χ3n) is 3.70. The van der Waals surface area contributed by atoms with Gasteiger partial charge in [0.1, 0.15) is 18.1 Å². The van der Waals surface area contributed by atoms with E-state index in [0.717, 1.165) is 22.4 Å². The molecule has 0 atom stereocenters. The minimum Gasteiger partial charge on any atom is -0.488 e. The maximum absolute atomic E-state index is 12.3. The van der Waals surface area contributed by atoms with E-state index in [0.29, 0.717) is 23.7 Å². The molecule has 0 unspecified atom stereocenters. The van der Waals surface area contributed by atoms with Crippen molar-refractivity contribution in [3.8, 4) is 11.5 Å². The molecule has 0 N–H and O–H groups in total. The fourth-order valence-corrected chi connectivity index (χ4v) is 2.48. The highest BCUT2D eigenvalue weighted by Crippen LogP contribution is 2.39. The topological polar surface area (TPSA) is 35.5 Å². The number of carbonyl (C=O) groups excluding carboxylic acids is 1. The van der Waals surface area contributed by atoms with Crippen LogP contribution in [0, 0.1) is 6.92 Å². The number of rotatable bonds is 3. The molecule has 0 bridgehead atoms. The van der Waals surface area contributed by atoms with Crippen molar-refractivity contribution in [3.63, 3.8) is 0 Å². The average Bonchev–Trinajstić information content (AvgIpc) is 2.86. The van der Waals surface area contributed by atoms with Gasteiger partial charge in [-0.15, -0.1) is 0 Å². The minimum atomic E-state index is -0.0484. The number of ketones is 1. The monoisotopic (exact) mass is 294 g/mol. The lowest BCUT2D eigenvalue weighted by molar-refractivity contribution is 0.101. The molecular weight excluding hydrogens is 276 g/mol. The molecule has 2 aromatic rings. The first kappa shape index (κ1) is 14.4. The van der Waals surface area contributed by atoms with E-state index in [1.165, 1.54) is 0 Å². The van der Waals surface area contributed by atoms with Crippen LogP contribution in [-0.4, -0.2) is 5.78 Å². The summed E-state index contributed by atoms with van der Waals surface area (Å²) < 4.78 is 11.6.